The monoisotopic (exact) mass is 290 g/mol. The van der Waals surface area contributed by atoms with Crippen LogP contribution < -0.4 is 10.6 Å². The number of aromatic nitrogens is 1. The lowest BCUT2D eigenvalue weighted by Gasteiger charge is -2.48. The van der Waals surface area contributed by atoms with E-state index in [1.807, 2.05) is 12.1 Å². The van der Waals surface area contributed by atoms with Crippen molar-refractivity contribution in [3.8, 4) is 0 Å². The number of pyridine rings is 1. The summed E-state index contributed by atoms with van der Waals surface area (Å²) in [5.74, 6) is 0.350. The van der Waals surface area contributed by atoms with E-state index in [2.05, 4.69) is 15.0 Å². The van der Waals surface area contributed by atoms with Crippen molar-refractivity contribution in [3.63, 3.8) is 0 Å². The first kappa shape index (κ1) is 14.1. The summed E-state index contributed by atoms with van der Waals surface area (Å²) in [6.07, 6.45) is 6.83. The van der Waals surface area contributed by atoms with E-state index in [1.54, 1.807) is 6.20 Å². The zero-order valence-corrected chi connectivity index (χ0v) is 12.1. The van der Waals surface area contributed by atoms with Crippen LogP contribution in [0.2, 0.25) is 0 Å². The molecule has 1 aromatic heterocycles. The average molecular weight is 290 g/mol. The Bertz CT molecular complexity index is 548. The molecule has 1 saturated heterocycles. The molecule has 2 fully saturated rings. The number of rotatable bonds is 2. The first-order valence-corrected chi connectivity index (χ1v) is 7.54. The van der Waals surface area contributed by atoms with Gasteiger partial charge in [-0.25, -0.2) is 0 Å². The molecule has 3 rings (SSSR count). The lowest BCUT2D eigenvalue weighted by molar-refractivity contribution is -0.0612. The summed E-state index contributed by atoms with van der Waals surface area (Å²) < 4.78 is 0. The zero-order valence-electron chi connectivity index (χ0n) is 12.1. The molecule has 0 spiro atoms. The molecule has 1 aliphatic carbocycles. The molecule has 1 aliphatic heterocycles. The lowest BCUT2D eigenvalue weighted by Crippen LogP contribution is -2.53. The first-order valence-electron chi connectivity index (χ1n) is 7.54. The highest BCUT2D eigenvalue weighted by atomic mass is 16.4. The van der Waals surface area contributed by atoms with Crippen molar-refractivity contribution in [2.45, 2.75) is 37.7 Å². The molecule has 6 nitrogen and oxygen atoms in total. The fraction of sp³-hybridized carbons (Fsp3) is 0.600. The molecule has 0 aromatic carbocycles. The van der Waals surface area contributed by atoms with Crippen LogP contribution in [0, 0.1) is 5.92 Å². The summed E-state index contributed by atoms with van der Waals surface area (Å²) in [5, 5.41) is 22.5. The quantitative estimate of drug-likeness (QED) is 0.330. The van der Waals surface area contributed by atoms with E-state index in [0.29, 0.717) is 11.6 Å². The summed E-state index contributed by atoms with van der Waals surface area (Å²) in [7, 11) is 0. The van der Waals surface area contributed by atoms with Gasteiger partial charge in [-0.1, -0.05) is 18.0 Å². The summed E-state index contributed by atoms with van der Waals surface area (Å²) in [6.45, 7) is 1.68. The van der Waals surface area contributed by atoms with Gasteiger partial charge in [-0.15, -0.1) is 0 Å². The van der Waals surface area contributed by atoms with Gasteiger partial charge in [-0.2, -0.15) is 0 Å². The molecule has 2 heterocycles. The van der Waals surface area contributed by atoms with Crippen molar-refractivity contribution in [1.82, 2.24) is 4.98 Å². The van der Waals surface area contributed by atoms with E-state index in [9.17, 15) is 5.11 Å². The minimum absolute atomic E-state index is 0.0167. The minimum atomic E-state index is -0.476. The fourth-order valence-electron chi connectivity index (χ4n) is 3.61. The Kier molecular flexibility index (Phi) is 3.71. The largest absolute Gasteiger partial charge is 0.409 e. The first-order chi connectivity index (χ1) is 10.1. The number of aliphatic hydroxyl groups is 1. The molecule has 6 heteroatoms. The Labute approximate surface area is 124 Å². The molecular weight excluding hydrogens is 268 g/mol. The summed E-state index contributed by atoms with van der Waals surface area (Å²) in [5.41, 5.74) is 6.61. The van der Waals surface area contributed by atoms with Crippen LogP contribution in [0.5, 0.6) is 0 Å². The third-order valence-corrected chi connectivity index (χ3v) is 4.91. The molecule has 4 N–H and O–H groups in total. The number of fused-ring (bicyclic) bond motifs is 1. The van der Waals surface area contributed by atoms with Crippen molar-refractivity contribution in [3.05, 3.63) is 24.0 Å². The summed E-state index contributed by atoms with van der Waals surface area (Å²) >= 11 is 0. The molecule has 0 radical (unpaired) electrons. The maximum atomic E-state index is 10.7. The highest BCUT2D eigenvalue weighted by Gasteiger charge is 2.42. The molecule has 114 valence electrons. The van der Waals surface area contributed by atoms with Gasteiger partial charge in [0.05, 0.1) is 5.60 Å². The van der Waals surface area contributed by atoms with Crippen molar-refractivity contribution in [1.29, 1.82) is 0 Å². The molecule has 0 amide bonds. The van der Waals surface area contributed by atoms with Crippen LogP contribution in [0.3, 0.4) is 0 Å². The van der Waals surface area contributed by atoms with Gasteiger partial charge in [0.2, 0.25) is 0 Å². The molecule has 1 aromatic rings. The second-order valence-corrected chi connectivity index (χ2v) is 6.13. The zero-order chi connectivity index (χ0) is 14.9. The van der Waals surface area contributed by atoms with E-state index in [-0.39, 0.29) is 5.84 Å². The SMILES string of the molecule is N/C(=N/O)c1cc(N2CCC3(O)CCCCC3C2)ccn1. The smallest absolute Gasteiger partial charge is 0.188 e. The van der Waals surface area contributed by atoms with Gasteiger partial charge in [-0.3, -0.25) is 4.98 Å². The van der Waals surface area contributed by atoms with Crippen molar-refractivity contribution in [2.75, 3.05) is 18.0 Å². The van der Waals surface area contributed by atoms with Crippen LogP contribution in [0.4, 0.5) is 5.69 Å². The molecular formula is C15H22N4O2. The summed E-state index contributed by atoms with van der Waals surface area (Å²) in [6, 6.07) is 3.77. The van der Waals surface area contributed by atoms with Crippen LogP contribution in [0.25, 0.3) is 0 Å². The number of amidine groups is 1. The highest BCUT2D eigenvalue weighted by Crippen LogP contribution is 2.40. The standard InChI is InChI=1S/C15H22N4O2/c16-14(18-21)13-9-12(4-7-17-13)19-8-6-15(20)5-2-1-3-11(15)10-19/h4,7,9,11,20-21H,1-3,5-6,8,10H2,(H2,16,18). The van der Waals surface area contributed by atoms with Gasteiger partial charge < -0.3 is 20.9 Å². The molecule has 2 unspecified atom stereocenters. The van der Waals surface area contributed by atoms with E-state index >= 15 is 0 Å². The second kappa shape index (κ2) is 5.52. The number of anilines is 1. The van der Waals surface area contributed by atoms with E-state index in [4.69, 9.17) is 10.9 Å². The number of hydrogen-bond acceptors (Lipinski definition) is 5. The third-order valence-electron chi connectivity index (χ3n) is 4.91. The topological polar surface area (TPSA) is 95.0 Å². The Balaban J connectivity index is 1.79. The number of hydrogen-bond donors (Lipinski definition) is 3. The molecule has 21 heavy (non-hydrogen) atoms. The van der Waals surface area contributed by atoms with Gasteiger partial charge in [0.15, 0.2) is 5.84 Å². The second-order valence-electron chi connectivity index (χ2n) is 6.13. The Morgan fingerprint density at radius 1 is 1.43 bits per heavy atom. The lowest BCUT2D eigenvalue weighted by atomic mass is 9.71. The van der Waals surface area contributed by atoms with Crippen LogP contribution >= 0.6 is 0 Å². The number of nitrogens with two attached hydrogens (primary N) is 1. The van der Waals surface area contributed by atoms with E-state index in [1.165, 1.54) is 6.42 Å². The number of oxime groups is 1. The van der Waals surface area contributed by atoms with Crippen LogP contribution in [-0.4, -0.2) is 39.8 Å². The molecule has 2 aliphatic rings. The predicted octanol–water partition coefficient (Wildman–Crippen LogP) is 1.31. The third kappa shape index (κ3) is 2.68. The van der Waals surface area contributed by atoms with Crippen molar-refractivity contribution >= 4 is 11.5 Å². The minimum Gasteiger partial charge on any atom is -0.409 e. The molecule has 0 bridgehead atoms. The van der Waals surface area contributed by atoms with Crippen molar-refractivity contribution in [2.24, 2.45) is 16.8 Å². The van der Waals surface area contributed by atoms with Gasteiger partial charge in [0.1, 0.15) is 5.69 Å². The van der Waals surface area contributed by atoms with Crippen LogP contribution in [-0.2, 0) is 0 Å². The number of piperidine rings is 1. The van der Waals surface area contributed by atoms with Crippen molar-refractivity contribution < 1.29 is 10.3 Å². The van der Waals surface area contributed by atoms with Gasteiger partial charge in [0, 0.05) is 30.9 Å². The normalized spacial score (nSPS) is 30.0. The Morgan fingerprint density at radius 3 is 3.10 bits per heavy atom. The average Bonchev–Trinajstić information content (AvgIpc) is 2.53. The van der Waals surface area contributed by atoms with Gasteiger partial charge >= 0.3 is 0 Å². The summed E-state index contributed by atoms with van der Waals surface area (Å²) in [4.78, 5) is 6.37. The predicted molar refractivity (Wildman–Crippen MR) is 80.5 cm³/mol. The van der Waals surface area contributed by atoms with Crippen LogP contribution in [0.15, 0.2) is 23.5 Å². The van der Waals surface area contributed by atoms with Gasteiger partial charge in [0.25, 0.3) is 0 Å². The van der Waals surface area contributed by atoms with Gasteiger partial charge in [-0.05, 0) is 31.4 Å². The molecule has 2 atom stereocenters. The molecule has 1 saturated carbocycles. The Morgan fingerprint density at radius 2 is 2.29 bits per heavy atom. The van der Waals surface area contributed by atoms with Crippen LogP contribution in [0.1, 0.15) is 37.8 Å². The maximum Gasteiger partial charge on any atom is 0.188 e. The van der Waals surface area contributed by atoms with E-state index in [0.717, 1.165) is 44.5 Å². The Hall–Kier alpha value is -1.82. The number of nitrogens with zero attached hydrogens (tertiary/aromatic N) is 3. The van der Waals surface area contributed by atoms with E-state index < -0.39 is 5.60 Å². The fourth-order valence-corrected chi connectivity index (χ4v) is 3.61. The maximum absolute atomic E-state index is 10.7. The highest BCUT2D eigenvalue weighted by molar-refractivity contribution is 5.95.